The van der Waals surface area contributed by atoms with Gasteiger partial charge in [-0.15, -0.1) is 5.10 Å². The normalized spacial score (nSPS) is 14.2. The van der Waals surface area contributed by atoms with Crippen LogP contribution in [0.4, 0.5) is 19.3 Å². The molecule has 1 aliphatic heterocycles. The predicted molar refractivity (Wildman–Crippen MR) is 107 cm³/mol. The minimum atomic E-state index is -0.987. The Morgan fingerprint density at radius 1 is 1.20 bits per heavy atom. The zero-order chi connectivity index (χ0) is 20.8. The number of rotatable bonds is 3. The second kappa shape index (κ2) is 6.90. The van der Waals surface area contributed by atoms with E-state index < -0.39 is 18.0 Å². The number of hydrogen-bond acceptors (Lipinski definition) is 4. The van der Waals surface area contributed by atoms with Gasteiger partial charge in [-0.1, -0.05) is 0 Å². The van der Waals surface area contributed by atoms with Crippen LogP contribution in [0.25, 0.3) is 28.0 Å². The van der Waals surface area contributed by atoms with Gasteiger partial charge in [0, 0.05) is 42.3 Å². The number of aryl methyl sites for hydroxylation is 1. The molecule has 8 nitrogen and oxygen atoms in total. The first-order valence-electron chi connectivity index (χ1n) is 9.30. The summed E-state index contributed by atoms with van der Waals surface area (Å²) in [5.41, 5.74) is 2.61. The number of imidazole rings is 1. The molecule has 0 spiro atoms. The fourth-order valence-corrected chi connectivity index (χ4v) is 3.30. The van der Waals surface area contributed by atoms with Gasteiger partial charge in [-0.05, 0) is 24.3 Å². The lowest BCUT2D eigenvalue weighted by molar-refractivity contribution is 0.0974. The third kappa shape index (κ3) is 3.25. The van der Waals surface area contributed by atoms with Crippen LogP contribution in [-0.2, 0) is 7.05 Å². The summed E-state index contributed by atoms with van der Waals surface area (Å²) < 4.78 is 30.7. The van der Waals surface area contributed by atoms with E-state index in [2.05, 4.69) is 20.4 Å². The van der Waals surface area contributed by atoms with E-state index in [-0.39, 0.29) is 18.8 Å². The van der Waals surface area contributed by atoms with Crippen molar-refractivity contribution >= 4 is 22.8 Å². The summed E-state index contributed by atoms with van der Waals surface area (Å²) in [5, 5.41) is 7.72. The summed E-state index contributed by atoms with van der Waals surface area (Å²) >= 11 is 0. The maximum Gasteiger partial charge on any atom is 0.322 e. The first-order chi connectivity index (χ1) is 14.5. The molecule has 0 atom stereocenters. The summed E-state index contributed by atoms with van der Waals surface area (Å²) in [6.45, 7) is 0.128. The number of aromatic nitrogens is 5. The van der Waals surface area contributed by atoms with E-state index in [1.165, 1.54) is 27.8 Å². The lowest BCUT2D eigenvalue weighted by Gasteiger charge is -2.34. The molecule has 5 rings (SSSR count). The first kappa shape index (κ1) is 18.2. The van der Waals surface area contributed by atoms with Crippen LogP contribution in [0.2, 0.25) is 0 Å². The highest BCUT2D eigenvalue weighted by atomic mass is 19.1. The van der Waals surface area contributed by atoms with Gasteiger partial charge in [0.05, 0.1) is 25.1 Å². The van der Waals surface area contributed by atoms with Crippen LogP contribution in [0.3, 0.4) is 0 Å². The van der Waals surface area contributed by atoms with Crippen LogP contribution >= 0.6 is 0 Å². The molecule has 1 saturated heterocycles. The zero-order valence-electron chi connectivity index (χ0n) is 16.0. The van der Waals surface area contributed by atoms with E-state index >= 15 is 0 Å². The van der Waals surface area contributed by atoms with E-state index in [0.717, 1.165) is 16.6 Å². The van der Waals surface area contributed by atoms with Crippen molar-refractivity contribution in [1.29, 1.82) is 0 Å². The second-order valence-corrected chi connectivity index (χ2v) is 7.23. The van der Waals surface area contributed by atoms with Gasteiger partial charge in [0.25, 0.3) is 0 Å². The minimum absolute atomic E-state index is 0.0642. The van der Waals surface area contributed by atoms with Gasteiger partial charge >= 0.3 is 6.03 Å². The number of carbonyl (C=O) groups is 1. The molecule has 0 radical (unpaired) electrons. The van der Waals surface area contributed by atoms with Crippen molar-refractivity contribution in [2.75, 3.05) is 18.4 Å². The lowest BCUT2D eigenvalue weighted by Crippen LogP contribution is -2.53. The molecule has 0 bridgehead atoms. The maximum atomic E-state index is 14.5. The quantitative estimate of drug-likeness (QED) is 0.564. The Balaban J connectivity index is 1.45. The van der Waals surface area contributed by atoms with Crippen molar-refractivity contribution in [1.82, 2.24) is 29.2 Å². The van der Waals surface area contributed by atoms with Gasteiger partial charge in [-0.2, -0.15) is 0 Å². The number of alkyl halides is 1. The fourth-order valence-electron chi connectivity index (χ4n) is 3.30. The molecule has 3 aromatic heterocycles. The topological polar surface area (TPSA) is 80.9 Å². The SMILES string of the molecule is Cn1cnc(-c2cnc3nn(-c4cc(NC(=O)N5CC(F)C5)ccc4F)cc3c2)c1. The molecule has 2 amide bonds. The average Bonchev–Trinajstić information content (AvgIpc) is 3.32. The van der Waals surface area contributed by atoms with Crippen molar-refractivity contribution in [3.05, 3.63) is 55.0 Å². The minimum Gasteiger partial charge on any atom is -0.340 e. The van der Waals surface area contributed by atoms with Gasteiger partial charge in [-0.3, -0.25) is 0 Å². The first-order valence-corrected chi connectivity index (χ1v) is 9.30. The smallest absolute Gasteiger partial charge is 0.322 e. The second-order valence-electron chi connectivity index (χ2n) is 7.23. The third-order valence-corrected chi connectivity index (χ3v) is 4.93. The number of benzene rings is 1. The number of fused-ring (bicyclic) bond motifs is 1. The number of hydrogen-bond donors (Lipinski definition) is 1. The molecular weight excluding hydrogens is 392 g/mol. The van der Waals surface area contributed by atoms with E-state index in [4.69, 9.17) is 0 Å². The molecule has 1 N–H and O–H groups in total. The molecule has 0 unspecified atom stereocenters. The number of pyridine rings is 1. The maximum absolute atomic E-state index is 14.5. The number of amides is 2. The van der Waals surface area contributed by atoms with E-state index in [1.807, 2.05) is 23.9 Å². The van der Waals surface area contributed by atoms with Crippen LogP contribution in [0, 0.1) is 5.82 Å². The van der Waals surface area contributed by atoms with Crippen molar-refractivity contribution < 1.29 is 13.6 Å². The molecule has 10 heteroatoms. The van der Waals surface area contributed by atoms with Crippen LogP contribution in [-0.4, -0.2) is 54.5 Å². The summed E-state index contributed by atoms with van der Waals surface area (Å²) in [4.78, 5) is 22.1. The summed E-state index contributed by atoms with van der Waals surface area (Å²) in [6.07, 6.45) is 5.93. The van der Waals surface area contributed by atoms with Crippen LogP contribution in [0.1, 0.15) is 0 Å². The molecule has 4 heterocycles. The fraction of sp³-hybridized carbons (Fsp3) is 0.200. The van der Waals surface area contributed by atoms with Crippen molar-refractivity contribution in [2.45, 2.75) is 6.17 Å². The Hall–Kier alpha value is -3.82. The molecule has 0 aliphatic carbocycles. The number of carbonyl (C=O) groups excluding carboxylic acids is 1. The molecule has 0 saturated carbocycles. The predicted octanol–water partition coefficient (Wildman–Crippen LogP) is 3.15. The van der Waals surface area contributed by atoms with Gasteiger partial charge in [0.15, 0.2) is 5.65 Å². The summed E-state index contributed by atoms with van der Waals surface area (Å²) in [6, 6.07) is 5.64. The number of nitrogens with zero attached hydrogens (tertiary/aromatic N) is 6. The molecule has 152 valence electrons. The standard InChI is InChI=1S/C20H17F2N7O/c1-27-10-17(24-11-27)12-4-13-7-29(26-19(13)23-6-12)18-5-15(2-3-16(18)22)25-20(30)28-8-14(21)9-28/h2-7,10-11,14H,8-9H2,1H3,(H,25,30). The van der Waals surface area contributed by atoms with Gasteiger partial charge in [-0.25, -0.2) is 28.2 Å². The van der Waals surface area contributed by atoms with Gasteiger partial charge in [0.2, 0.25) is 0 Å². The highest BCUT2D eigenvalue weighted by Gasteiger charge is 2.30. The third-order valence-electron chi connectivity index (χ3n) is 4.93. The monoisotopic (exact) mass is 409 g/mol. The molecule has 1 aromatic carbocycles. The average molecular weight is 409 g/mol. The van der Waals surface area contributed by atoms with E-state index in [1.54, 1.807) is 18.7 Å². The molecule has 1 fully saturated rings. The lowest BCUT2D eigenvalue weighted by atomic mass is 10.2. The van der Waals surface area contributed by atoms with Crippen molar-refractivity contribution in [3.63, 3.8) is 0 Å². The molecule has 1 aliphatic rings. The summed E-state index contributed by atoms with van der Waals surface area (Å²) in [5.74, 6) is -0.501. The zero-order valence-corrected chi connectivity index (χ0v) is 16.0. The van der Waals surface area contributed by atoms with Crippen LogP contribution in [0.5, 0.6) is 0 Å². The Kier molecular flexibility index (Phi) is 4.19. The Bertz CT molecular complexity index is 1260. The Morgan fingerprint density at radius 2 is 2.03 bits per heavy atom. The number of nitrogens with one attached hydrogen (secondary N) is 1. The number of likely N-dealkylation sites (tertiary alicyclic amines) is 1. The highest BCUT2D eigenvalue weighted by Crippen LogP contribution is 2.24. The van der Waals surface area contributed by atoms with E-state index in [9.17, 15) is 13.6 Å². The summed E-state index contributed by atoms with van der Waals surface area (Å²) in [7, 11) is 1.88. The highest BCUT2D eigenvalue weighted by molar-refractivity contribution is 5.90. The number of urea groups is 1. The number of halogens is 2. The van der Waals surface area contributed by atoms with Crippen LogP contribution < -0.4 is 5.32 Å². The largest absolute Gasteiger partial charge is 0.340 e. The molecular formula is C20H17F2N7O. The number of anilines is 1. The molecule has 4 aromatic rings. The molecule has 30 heavy (non-hydrogen) atoms. The van der Waals surface area contributed by atoms with Gasteiger partial charge in [0.1, 0.15) is 17.7 Å². The van der Waals surface area contributed by atoms with Crippen molar-refractivity contribution in [3.8, 4) is 16.9 Å². The van der Waals surface area contributed by atoms with Gasteiger partial charge < -0.3 is 14.8 Å². The Labute approximate surface area is 169 Å². The van der Waals surface area contributed by atoms with Crippen LogP contribution in [0.15, 0.2) is 49.2 Å². The van der Waals surface area contributed by atoms with Crippen molar-refractivity contribution in [2.24, 2.45) is 7.05 Å². The Morgan fingerprint density at radius 3 is 2.77 bits per heavy atom. The van der Waals surface area contributed by atoms with E-state index in [0.29, 0.717) is 11.3 Å².